The maximum Gasteiger partial charge on any atom is 0.229 e. The van der Waals surface area contributed by atoms with E-state index in [9.17, 15) is 8.42 Å². The molecule has 1 aromatic heterocycles. The Bertz CT molecular complexity index is 541. The van der Waals surface area contributed by atoms with Crippen LogP contribution in [-0.2, 0) is 10.0 Å². The molecule has 0 aliphatic carbocycles. The van der Waals surface area contributed by atoms with Crippen LogP contribution in [0.2, 0.25) is 0 Å². The Labute approximate surface area is 119 Å². The lowest BCUT2D eigenvalue weighted by molar-refractivity contribution is 0.246. The predicted molar refractivity (Wildman–Crippen MR) is 74.8 cm³/mol. The van der Waals surface area contributed by atoms with Crippen molar-refractivity contribution in [3.63, 3.8) is 0 Å². The monoisotopic (exact) mass is 302 g/mol. The van der Waals surface area contributed by atoms with Crippen LogP contribution < -0.4 is 4.72 Å². The summed E-state index contributed by atoms with van der Waals surface area (Å²) in [6.45, 7) is 6.02. The van der Waals surface area contributed by atoms with Gasteiger partial charge in [0.25, 0.3) is 0 Å². The highest BCUT2D eigenvalue weighted by Crippen LogP contribution is 2.30. The van der Waals surface area contributed by atoms with Crippen molar-refractivity contribution in [2.24, 2.45) is 0 Å². The normalized spacial score (nSPS) is 20.9. The number of nitrogens with one attached hydrogen (secondary N) is 1. The van der Waals surface area contributed by atoms with Gasteiger partial charge in [-0.25, -0.2) is 13.1 Å². The molecule has 0 amide bonds. The van der Waals surface area contributed by atoms with Crippen LogP contribution in [0, 0.1) is 0 Å². The molecule has 1 atom stereocenters. The molecule has 1 saturated heterocycles. The van der Waals surface area contributed by atoms with Crippen molar-refractivity contribution in [3.05, 3.63) is 11.7 Å². The van der Waals surface area contributed by atoms with Gasteiger partial charge in [0.1, 0.15) is 0 Å². The largest absolute Gasteiger partial charge is 0.339 e. The first-order valence-corrected chi connectivity index (χ1v) is 8.78. The van der Waals surface area contributed by atoms with Gasteiger partial charge in [0, 0.05) is 19.0 Å². The Morgan fingerprint density at radius 3 is 2.85 bits per heavy atom. The highest BCUT2D eigenvalue weighted by atomic mass is 32.2. The van der Waals surface area contributed by atoms with Crippen LogP contribution in [0.25, 0.3) is 0 Å². The second kappa shape index (κ2) is 6.19. The third-order valence-electron chi connectivity index (χ3n) is 3.38. The van der Waals surface area contributed by atoms with Crippen LogP contribution >= 0.6 is 0 Å². The fourth-order valence-electron chi connectivity index (χ4n) is 2.38. The maximum atomic E-state index is 11.1. The molecule has 1 aromatic rings. The van der Waals surface area contributed by atoms with Gasteiger partial charge in [0.15, 0.2) is 5.82 Å². The second-order valence-electron chi connectivity index (χ2n) is 5.51. The molecule has 1 aliphatic rings. The van der Waals surface area contributed by atoms with E-state index < -0.39 is 10.0 Å². The summed E-state index contributed by atoms with van der Waals surface area (Å²) in [7, 11) is -3.13. The van der Waals surface area contributed by atoms with Crippen LogP contribution in [0.1, 0.15) is 50.4 Å². The third kappa shape index (κ3) is 4.00. The van der Waals surface area contributed by atoms with Crippen LogP contribution in [0.4, 0.5) is 0 Å². The Kier molecular flexibility index (Phi) is 4.77. The zero-order valence-electron chi connectivity index (χ0n) is 12.2. The lowest BCUT2D eigenvalue weighted by atomic mass is 10.2. The molecular formula is C12H22N4O3S. The molecule has 0 bridgehead atoms. The molecule has 1 fully saturated rings. The first-order valence-electron chi connectivity index (χ1n) is 6.89. The van der Waals surface area contributed by atoms with Gasteiger partial charge in [-0.15, -0.1) is 0 Å². The zero-order chi connectivity index (χ0) is 14.8. The van der Waals surface area contributed by atoms with Gasteiger partial charge < -0.3 is 4.52 Å². The van der Waals surface area contributed by atoms with E-state index in [1.165, 1.54) is 6.26 Å². The number of hydrogen-bond donors (Lipinski definition) is 1. The van der Waals surface area contributed by atoms with Crippen LogP contribution in [-0.4, -0.2) is 49.3 Å². The molecule has 20 heavy (non-hydrogen) atoms. The number of hydrogen-bond acceptors (Lipinski definition) is 6. The number of nitrogens with zero attached hydrogens (tertiary/aromatic N) is 3. The van der Waals surface area contributed by atoms with Gasteiger partial charge >= 0.3 is 0 Å². The Morgan fingerprint density at radius 1 is 1.50 bits per heavy atom. The predicted octanol–water partition coefficient (Wildman–Crippen LogP) is 0.879. The lowest BCUT2D eigenvalue weighted by Crippen LogP contribution is -2.34. The Morgan fingerprint density at radius 2 is 2.25 bits per heavy atom. The molecule has 8 heteroatoms. The summed E-state index contributed by atoms with van der Waals surface area (Å²) >= 11 is 0. The molecule has 1 N–H and O–H groups in total. The van der Waals surface area contributed by atoms with Crippen molar-refractivity contribution in [2.45, 2.75) is 38.6 Å². The lowest BCUT2D eigenvalue weighted by Gasteiger charge is -2.21. The van der Waals surface area contributed by atoms with Crippen molar-refractivity contribution in [1.29, 1.82) is 0 Å². The van der Waals surface area contributed by atoms with Crippen molar-refractivity contribution in [2.75, 3.05) is 25.9 Å². The van der Waals surface area contributed by atoms with E-state index in [-0.39, 0.29) is 12.0 Å². The highest BCUT2D eigenvalue weighted by molar-refractivity contribution is 7.88. The Hall–Kier alpha value is -0.990. The first kappa shape index (κ1) is 15.4. The standard InChI is InChI=1S/C12H22N4O3S/c1-9(2)12-14-11(15-19-12)10-5-4-7-16(10)8-6-13-20(3,17)18/h9-10,13H,4-8H2,1-3H3. The average molecular weight is 302 g/mol. The van der Waals surface area contributed by atoms with Crippen molar-refractivity contribution in [1.82, 2.24) is 19.8 Å². The fourth-order valence-corrected chi connectivity index (χ4v) is 2.84. The minimum Gasteiger partial charge on any atom is -0.339 e. The van der Waals surface area contributed by atoms with Crippen LogP contribution in [0.15, 0.2) is 4.52 Å². The SMILES string of the molecule is CC(C)c1nc(C2CCCN2CCNS(C)(=O)=O)no1. The van der Waals surface area contributed by atoms with Crippen molar-refractivity contribution < 1.29 is 12.9 Å². The number of rotatable bonds is 6. The number of likely N-dealkylation sites (tertiary alicyclic amines) is 1. The Balaban J connectivity index is 1.96. The van der Waals surface area contributed by atoms with Gasteiger partial charge in [-0.1, -0.05) is 19.0 Å². The van der Waals surface area contributed by atoms with Crippen LogP contribution in [0.5, 0.6) is 0 Å². The molecule has 1 aliphatic heterocycles. The van der Waals surface area contributed by atoms with Gasteiger partial charge in [-0.05, 0) is 19.4 Å². The molecule has 114 valence electrons. The summed E-state index contributed by atoms with van der Waals surface area (Å²) in [5.41, 5.74) is 0. The van der Waals surface area contributed by atoms with Crippen LogP contribution in [0.3, 0.4) is 0 Å². The smallest absolute Gasteiger partial charge is 0.229 e. The summed E-state index contributed by atoms with van der Waals surface area (Å²) in [6.07, 6.45) is 3.22. The average Bonchev–Trinajstić information content (AvgIpc) is 2.93. The second-order valence-corrected chi connectivity index (χ2v) is 7.34. The zero-order valence-corrected chi connectivity index (χ0v) is 13.0. The van der Waals surface area contributed by atoms with E-state index in [1.54, 1.807) is 0 Å². The molecule has 0 spiro atoms. The maximum absolute atomic E-state index is 11.1. The summed E-state index contributed by atoms with van der Waals surface area (Å²) < 4.78 is 29.9. The van der Waals surface area contributed by atoms with E-state index in [0.717, 1.165) is 19.4 Å². The molecule has 7 nitrogen and oxygen atoms in total. The third-order valence-corrected chi connectivity index (χ3v) is 4.10. The van der Waals surface area contributed by atoms with E-state index >= 15 is 0 Å². The summed E-state index contributed by atoms with van der Waals surface area (Å²) in [5.74, 6) is 1.59. The highest BCUT2D eigenvalue weighted by Gasteiger charge is 2.30. The molecule has 0 aromatic carbocycles. The van der Waals surface area contributed by atoms with E-state index in [1.807, 2.05) is 13.8 Å². The van der Waals surface area contributed by atoms with E-state index in [2.05, 4.69) is 19.8 Å². The first-order chi connectivity index (χ1) is 9.37. The quantitative estimate of drug-likeness (QED) is 0.839. The van der Waals surface area contributed by atoms with Crippen molar-refractivity contribution in [3.8, 4) is 0 Å². The van der Waals surface area contributed by atoms with Gasteiger partial charge in [0.2, 0.25) is 15.9 Å². The van der Waals surface area contributed by atoms with Gasteiger partial charge in [0.05, 0.1) is 12.3 Å². The van der Waals surface area contributed by atoms with Gasteiger partial charge in [-0.2, -0.15) is 4.98 Å². The topological polar surface area (TPSA) is 88.3 Å². The minimum atomic E-state index is -3.13. The number of aromatic nitrogens is 2. The molecule has 0 radical (unpaired) electrons. The summed E-state index contributed by atoms with van der Waals surface area (Å²) in [6, 6.07) is 0.132. The molecule has 2 rings (SSSR count). The van der Waals surface area contributed by atoms with Gasteiger partial charge in [-0.3, -0.25) is 4.90 Å². The van der Waals surface area contributed by atoms with Crippen molar-refractivity contribution >= 4 is 10.0 Å². The minimum absolute atomic E-state index is 0.132. The van der Waals surface area contributed by atoms with E-state index in [4.69, 9.17) is 4.52 Å². The fraction of sp³-hybridized carbons (Fsp3) is 0.833. The molecule has 1 unspecified atom stereocenters. The molecular weight excluding hydrogens is 280 g/mol. The molecule has 0 saturated carbocycles. The summed E-state index contributed by atoms with van der Waals surface area (Å²) in [4.78, 5) is 6.64. The number of sulfonamides is 1. The molecule has 2 heterocycles. The van der Waals surface area contributed by atoms with E-state index in [0.29, 0.717) is 24.8 Å². The summed E-state index contributed by atoms with van der Waals surface area (Å²) in [5, 5.41) is 4.06.